The van der Waals surface area contributed by atoms with Gasteiger partial charge >= 0.3 is 5.97 Å². The van der Waals surface area contributed by atoms with Crippen LogP contribution in [0.15, 0.2) is 53.7 Å². The zero-order chi connectivity index (χ0) is 28.2. The number of hydrogen-bond acceptors (Lipinski definition) is 9. The number of carbonyl (C=O) groups is 3. The van der Waals surface area contributed by atoms with Crippen LogP contribution in [0.3, 0.4) is 0 Å². The lowest BCUT2D eigenvalue weighted by molar-refractivity contribution is -0.113. The van der Waals surface area contributed by atoms with Crippen LogP contribution in [0.5, 0.6) is 5.75 Å². The first-order chi connectivity index (χ1) is 18.9. The molecule has 0 bridgehead atoms. The standard InChI is InChI=1S/C27H33N5O5S2/c1-5-32-24(22(15-16-38-4)29-25(34)18-9-13-21(36-3)14-10-18)30-31-27(32)39-17-23(33)28-20-11-7-19(8-12-20)26(35)37-6-2/h7-14,22H,5-6,15-17H2,1-4H3,(H,28,33)(H,29,34)/t22-/m1/s1. The van der Waals surface area contributed by atoms with Crippen LogP contribution in [0.25, 0.3) is 0 Å². The summed E-state index contributed by atoms with van der Waals surface area (Å²) in [6, 6.07) is 13.1. The van der Waals surface area contributed by atoms with Gasteiger partial charge in [0.05, 0.1) is 31.1 Å². The van der Waals surface area contributed by atoms with Gasteiger partial charge < -0.3 is 24.7 Å². The van der Waals surface area contributed by atoms with Crippen molar-refractivity contribution in [3.8, 4) is 5.75 Å². The molecule has 3 aromatic rings. The fourth-order valence-electron chi connectivity index (χ4n) is 3.68. The number of hydrogen-bond donors (Lipinski definition) is 2. The lowest BCUT2D eigenvalue weighted by Gasteiger charge is -2.19. The lowest BCUT2D eigenvalue weighted by Crippen LogP contribution is -2.31. The summed E-state index contributed by atoms with van der Waals surface area (Å²) >= 11 is 2.95. The molecule has 0 aliphatic heterocycles. The van der Waals surface area contributed by atoms with Gasteiger partial charge in [0.25, 0.3) is 5.91 Å². The van der Waals surface area contributed by atoms with Crippen LogP contribution in [-0.2, 0) is 16.1 Å². The van der Waals surface area contributed by atoms with E-state index in [4.69, 9.17) is 9.47 Å². The second-order valence-electron chi connectivity index (χ2n) is 8.26. The zero-order valence-corrected chi connectivity index (χ0v) is 24.1. The van der Waals surface area contributed by atoms with Gasteiger partial charge in [-0.05, 0) is 80.8 Å². The number of ether oxygens (including phenoxy) is 2. The van der Waals surface area contributed by atoms with E-state index in [9.17, 15) is 14.4 Å². The predicted octanol–water partition coefficient (Wildman–Crippen LogP) is 4.44. The highest BCUT2D eigenvalue weighted by Gasteiger charge is 2.23. The van der Waals surface area contributed by atoms with E-state index >= 15 is 0 Å². The Morgan fingerprint density at radius 1 is 1.00 bits per heavy atom. The summed E-state index contributed by atoms with van der Waals surface area (Å²) in [6.45, 7) is 4.59. The number of rotatable bonds is 14. The summed E-state index contributed by atoms with van der Waals surface area (Å²) in [7, 11) is 1.58. The Balaban J connectivity index is 1.65. The highest BCUT2D eigenvalue weighted by molar-refractivity contribution is 7.99. The Labute approximate surface area is 236 Å². The van der Waals surface area contributed by atoms with Gasteiger partial charge in [0.1, 0.15) is 5.75 Å². The molecule has 0 fully saturated rings. The molecule has 0 unspecified atom stereocenters. The highest BCUT2D eigenvalue weighted by Crippen LogP contribution is 2.24. The summed E-state index contributed by atoms with van der Waals surface area (Å²) < 4.78 is 12.1. The number of carbonyl (C=O) groups excluding carboxylic acids is 3. The normalized spacial score (nSPS) is 11.5. The first kappa shape index (κ1) is 30.0. The van der Waals surface area contributed by atoms with Crippen molar-refractivity contribution in [2.45, 2.75) is 38.0 Å². The van der Waals surface area contributed by atoms with E-state index in [-0.39, 0.29) is 23.6 Å². The second kappa shape index (κ2) is 15.2. The van der Waals surface area contributed by atoms with Crippen molar-refractivity contribution < 1.29 is 23.9 Å². The van der Waals surface area contributed by atoms with Gasteiger partial charge in [-0.25, -0.2) is 4.79 Å². The fraction of sp³-hybridized carbons (Fsp3) is 0.370. The smallest absolute Gasteiger partial charge is 0.338 e. The molecular formula is C27H33N5O5S2. The first-order valence-electron chi connectivity index (χ1n) is 12.5. The SMILES string of the molecule is CCOC(=O)c1ccc(NC(=O)CSc2nnc([C@@H](CCSC)NC(=O)c3ccc(OC)cc3)n2CC)cc1. The molecule has 1 atom stereocenters. The number of aromatic nitrogens is 3. The number of nitrogens with one attached hydrogen (secondary N) is 2. The van der Waals surface area contributed by atoms with Crippen molar-refractivity contribution in [3.05, 3.63) is 65.5 Å². The van der Waals surface area contributed by atoms with E-state index in [1.165, 1.54) is 11.8 Å². The van der Waals surface area contributed by atoms with Crippen LogP contribution in [0.4, 0.5) is 5.69 Å². The molecule has 39 heavy (non-hydrogen) atoms. The monoisotopic (exact) mass is 571 g/mol. The molecular weight excluding hydrogens is 538 g/mol. The minimum Gasteiger partial charge on any atom is -0.497 e. The van der Waals surface area contributed by atoms with Crippen LogP contribution < -0.4 is 15.4 Å². The number of thioether (sulfide) groups is 2. The Kier molecular flexibility index (Phi) is 11.7. The minimum atomic E-state index is -0.406. The van der Waals surface area contributed by atoms with E-state index in [0.717, 1.165) is 5.75 Å². The summed E-state index contributed by atoms with van der Waals surface area (Å²) in [5.41, 5.74) is 1.52. The molecule has 0 radical (unpaired) electrons. The number of nitrogens with zero attached hydrogens (tertiary/aromatic N) is 3. The Bertz CT molecular complexity index is 1250. The summed E-state index contributed by atoms with van der Waals surface area (Å²) in [5.74, 6) is 1.42. The van der Waals surface area contributed by atoms with Crippen molar-refractivity contribution in [1.29, 1.82) is 0 Å². The van der Waals surface area contributed by atoms with E-state index < -0.39 is 5.97 Å². The van der Waals surface area contributed by atoms with E-state index in [0.29, 0.717) is 53.1 Å². The van der Waals surface area contributed by atoms with Crippen LogP contribution in [-0.4, -0.2) is 64.0 Å². The molecule has 0 aliphatic rings. The predicted molar refractivity (Wildman–Crippen MR) is 154 cm³/mol. The van der Waals surface area contributed by atoms with Gasteiger partial charge in [0.2, 0.25) is 5.91 Å². The molecule has 3 rings (SSSR count). The molecule has 10 nitrogen and oxygen atoms in total. The highest BCUT2D eigenvalue weighted by atomic mass is 32.2. The summed E-state index contributed by atoms with van der Waals surface area (Å²) in [6.07, 6.45) is 2.69. The van der Waals surface area contributed by atoms with Crippen LogP contribution in [0, 0.1) is 0 Å². The number of anilines is 1. The van der Waals surface area contributed by atoms with Gasteiger partial charge in [-0.2, -0.15) is 11.8 Å². The molecule has 208 valence electrons. The van der Waals surface area contributed by atoms with Gasteiger partial charge in [-0.3, -0.25) is 9.59 Å². The number of methoxy groups -OCH3 is 1. The number of benzene rings is 2. The first-order valence-corrected chi connectivity index (χ1v) is 14.8. The van der Waals surface area contributed by atoms with Gasteiger partial charge in [0, 0.05) is 17.8 Å². The van der Waals surface area contributed by atoms with Crippen molar-refractivity contribution >= 4 is 47.0 Å². The molecule has 1 heterocycles. The number of esters is 1. The van der Waals surface area contributed by atoms with Crippen molar-refractivity contribution in [2.24, 2.45) is 0 Å². The van der Waals surface area contributed by atoms with Gasteiger partial charge in [-0.1, -0.05) is 11.8 Å². The Morgan fingerprint density at radius 3 is 2.31 bits per heavy atom. The van der Waals surface area contributed by atoms with Crippen molar-refractivity contribution in [3.63, 3.8) is 0 Å². The maximum absolute atomic E-state index is 13.0. The van der Waals surface area contributed by atoms with E-state index in [1.54, 1.807) is 74.3 Å². The third kappa shape index (κ3) is 8.49. The zero-order valence-electron chi connectivity index (χ0n) is 22.4. The van der Waals surface area contributed by atoms with Crippen molar-refractivity contribution in [1.82, 2.24) is 20.1 Å². The quantitative estimate of drug-likeness (QED) is 0.213. The van der Waals surface area contributed by atoms with Crippen LogP contribution in [0.2, 0.25) is 0 Å². The van der Waals surface area contributed by atoms with E-state index in [2.05, 4.69) is 20.8 Å². The molecule has 2 aromatic carbocycles. The average molecular weight is 572 g/mol. The third-order valence-corrected chi connectivity index (χ3v) is 7.26. The molecule has 0 spiro atoms. The molecule has 0 aliphatic carbocycles. The van der Waals surface area contributed by atoms with E-state index in [1.807, 2.05) is 17.7 Å². The summed E-state index contributed by atoms with van der Waals surface area (Å²) in [5, 5.41) is 15.2. The largest absolute Gasteiger partial charge is 0.497 e. The Morgan fingerprint density at radius 2 is 1.69 bits per heavy atom. The average Bonchev–Trinajstić information content (AvgIpc) is 3.37. The molecule has 12 heteroatoms. The lowest BCUT2D eigenvalue weighted by atomic mass is 10.1. The molecule has 1 aromatic heterocycles. The topological polar surface area (TPSA) is 124 Å². The number of amides is 2. The molecule has 2 amide bonds. The minimum absolute atomic E-state index is 0.117. The van der Waals surface area contributed by atoms with Crippen LogP contribution in [0.1, 0.15) is 52.9 Å². The fourth-order valence-corrected chi connectivity index (χ4v) is 4.96. The molecule has 2 N–H and O–H groups in total. The maximum Gasteiger partial charge on any atom is 0.338 e. The maximum atomic E-state index is 13.0. The third-order valence-electron chi connectivity index (χ3n) is 5.65. The van der Waals surface area contributed by atoms with Gasteiger partial charge in [-0.15, -0.1) is 10.2 Å². The Hall–Kier alpha value is -3.51. The van der Waals surface area contributed by atoms with Crippen LogP contribution >= 0.6 is 23.5 Å². The molecule has 0 saturated heterocycles. The second-order valence-corrected chi connectivity index (χ2v) is 10.2. The van der Waals surface area contributed by atoms with Gasteiger partial charge in [0.15, 0.2) is 11.0 Å². The molecule has 0 saturated carbocycles. The van der Waals surface area contributed by atoms with Crippen molar-refractivity contribution in [2.75, 3.05) is 36.8 Å². The summed E-state index contributed by atoms with van der Waals surface area (Å²) in [4.78, 5) is 37.4.